The van der Waals surface area contributed by atoms with Crippen LogP contribution in [0.1, 0.15) is 48.5 Å². The summed E-state index contributed by atoms with van der Waals surface area (Å²) in [5.41, 5.74) is 7.79. The van der Waals surface area contributed by atoms with Crippen LogP contribution in [0.5, 0.6) is 0 Å². The molecule has 1 atom stereocenters. The lowest BCUT2D eigenvalue weighted by atomic mass is 9.95. The molecule has 7 rings (SSSR count). The summed E-state index contributed by atoms with van der Waals surface area (Å²) in [5.74, 6) is -1.27. The third-order valence-corrected chi connectivity index (χ3v) is 10.4. The first-order valence-electron chi connectivity index (χ1n) is 17.5. The Hall–Kier alpha value is -4.89. The van der Waals surface area contributed by atoms with Crippen molar-refractivity contribution in [1.29, 1.82) is 0 Å². The Bertz CT molecular complexity index is 1810. The highest BCUT2D eigenvalue weighted by atomic mass is 16.5. The normalized spacial score (nSPS) is 21.0. The summed E-state index contributed by atoms with van der Waals surface area (Å²) < 4.78 is 7.27. The number of nitrogens with zero attached hydrogens (tertiary/aromatic N) is 7. The lowest BCUT2D eigenvalue weighted by Gasteiger charge is -2.43. The molecule has 4 amide bonds. The van der Waals surface area contributed by atoms with E-state index in [1.54, 1.807) is 24.3 Å². The molecule has 3 N–H and O–H groups in total. The molecular weight excluding hydrogens is 642 g/mol. The van der Waals surface area contributed by atoms with Gasteiger partial charge in [0.05, 0.1) is 17.4 Å². The second-order valence-corrected chi connectivity index (χ2v) is 13.6. The minimum atomic E-state index is -0.878. The van der Waals surface area contributed by atoms with Crippen LogP contribution >= 0.6 is 0 Å². The zero-order chi connectivity index (χ0) is 34.8. The predicted octanol–water partition coefficient (Wildman–Crippen LogP) is 0.524. The highest BCUT2D eigenvalue weighted by Gasteiger charge is 2.37. The van der Waals surface area contributed by atoms with Gasteiger partial charge < -0.3 is 25.2 Å². The van der Waals surface area contributed by atoms with E-state index in [9.17, 15) is 24.0 Å². The molecule has 15 heteroatoms. The molecule has 4 aliphatic rings. The largest absolute Gasteiger partial charge is 0.378 e. The molecular formula is C35H43N9O6. The van der Waals surface area contributed by atoms with Crippen molar-refractivity contribution >= 4 is 45.9 Å². The molecule has 3 aromatic rings. The Balaban J connectivity index is 0.812. The molecule has 0 aliphatic carbocycles. The number of nitrogens with one attached hydrogen (secondary N) is 1. The van der Waals surface area contributed by atoms with Crippen LogP contribution < -0.4 is 26.4 Å². The van der Waals surface area contributed by atoms with Crippen LogP contribution in [0.2, 0.25) is 0 Å². The number of hydrogen-bond acceptors (Lipinski definition) is 11. The second-order valence-electron chi connectivity index (χ2n) is 13.6. The van der Waals surface area contributed by atoms with E-state index in [-0.39, 0.29) is 36.7 Å². The van der Waals surface area contributed by atoms with E-state index in [1.165, 1.54) is 0 Å². The van der Waals surface area contributed by atoms with Gasteiger partial charge in [0.25, 0.3) is 11.5 Å². The molecule has 0 bridgehead atoms. The summed E-state index contributed by atoms with van der Waals surface area (Å²) in [5, 5.41) is 10.7. The highest BCUT2D eigenvalue weighted by molar-refractivity contribution is 5.99. The van der Waals surface area contributed by atoms with E-state index >= 15 is 0 Å². The second kappa shape index (κ2) is 14.5. The number of carbonyl (C=O) groups excluding carboxylic acids is 4. The van der Waals surface area contributed by atoms with Crippen LogP contribution in [0.4, 0.5) is 11.4 Å². The van der Waals surface area contributed by atoms with Crippen molar-refractivity contribution in [3.05, 3.63) is 58.4 Å². The Kier molecular flexibility index (Phi) is 9.76. The van der Waals surface area contributed by atoms with Crippen molar-refractivity contribution in [3.63, 3.8) is 0 Å². The average Bonchev–Trinajstić information content (AvgIpc) is 3.11. The average molecular weight is 686 g/mol. The van der Waals surface area contributed by atoms with Gasteiger partial charge in [-0.1, -0.05) is 5.21 Å². The molecule has 5 heterocycles. The molecule has 4 aliphatic heterocycles. The van der Waals surface area contributed by atoms with Gasteiger partial charge in [0, 0.05) is 88.9 Å². The first-order chi connectivity index (χ1) is 24.2. The summed E-state index contributed by atoms with van der Waals surface area (Å²) in [6.07, 6.45) is 3.14. The number of fused-ring (bicyclic) bond motifs is 1. The van der Waals surface area contributed by atoms with Crippen LogP contribution in [0.15, 0.2) is 47.3 Å². The number of amides is 4. The van der Waals surface area contributed by atoms with Crippen molar-refractivity contribution < 1.29 is 23.9 Å². The zero-order valence-corrected chi connectivity index (χ0v) is 28.0. The number of benzene rings is 2. The number of piperidine rings is 2. The smallest absolute Gasteiger partial charge is 0.278 e. The molecule has 4 saturated heterocycles. The number of imide groups is 1. The molecule has 15 nitrogen and oxygen atoms in total. The van der Waals surface area contributed by atoms with Crippen molar-refractivity contribution in [2.24, 2.45) is 11.7 Å². The minimum absolute atomic E-state index is 0.103. The SMILES string of the molecule is NC(=O)c1ccc(N2CCN(CCCOC3CCN(C(=O)C4CN(c5ccc6nnn(C7CCC(=O)NC7=O)c(=O)c6c5)C4)CC3)CC2)cc1. The summed E-state index contributed by atoms with van der Waals surface area (Å²) in [4.78, 5) is 70.6. The van der Waals surface area contributed by atoms with Gasteiger partial charge >= 0.3 is 0 Å². The minimum Gasteiger partial charge on any atom is -0.378 e. The molecule has 2 aromatic carbocycles. The van der Waals surface area contributed by atoms with Gasteiger partial charge in [-0.3, -0.25) is 34.2 Å². The Morgan fingerprint density at radius 1 is 0.880 bits per heavy atom. The quantitative estimate of drug-likeness (QED) is 0.225. The first-order valence-corrected chi connectivity index (χ1v) is 17.5. The number of piperazine rings is 1. The van der Waals surface area contributed by atoms with E-state index in [0.717, 1.165) is 68.0 Å². The molecule has 0 radical (unpaired) electrons. The molecule has 0 saturated carbocycles. The van der Waals surface area contributed by atoms with Gasteiger partial charge in [-0.2, -0.15) is 4.68 Å². The molecule has 264 valence electrons. The zero-order valence-electron chi connectivity index (χ0n) is 28.0. The summed E-state index contributed by atoms with van der Waals surface area (Å²) in [7, 11) is 0. The number of ether oxygens (including phenoxy) is 1. The van der Waals surface area contributed by atoms with Crippen LogP contribution in [-0.2, 0) is 19.1 Å². The van der Waals surface area contributed by atoms with Gasteiger partial charge in [0.2, 0.25) is 17.7 Å². The summed E-state index contributed by atoms with van der Waals surface area (Å²) >= 11 is 0. The fraction of sp³-hybridized carbons (Fsp3) is 0.514. The Morgan fingerprint density at radius 2 is 1.60 bits per heavy atom. The lowest BCUT2D eigenvalue weighted by Crippen LogP contribution is -2.56. The number of aromatic nitrogens is 3. The van der Waals surface area contributed by atoms with Crippen molar-refractivity contribution in [1.82, 2.24) is 30.1 Å². The number of nitrogens with two attached hydrogens (primary N) is 1. The van der Waals surface area contributed by atoms with Crippen molar-refractivity contribution in [2.45, 2.75) is 44.2 Å². The number of carbonyl (C=O) groups is 4. The maximum atomic E-state index is 13.3. The molecule has 0 spiro atoms. The van der Waals surface area contributed by atoms with Gasteiger partial charge in [0.1, 0.15) is 11.6 Å². The van der Waals surface area contributed by atoms with Crippen LogP contribution in [0, 0.1) is 5.92 Å². The van der Waals surface area contributed by atoms with Crippen LogP contribution in [-0.4, -0.2) is 120 Å². The first kappa shape index (κ1) is 33.6. The van der Waals surface area contributed by atoms with E-state index in [2.05, 4.69) is 30.3 Å². The number of hydrogen-bond donors (Lipinski definition) is 2. The van der Waals surface area contributed by atoms with Crippen LogP contribution in [0.25, 0.3) is 10.9 Å². The van der Waals surface area contributed by atoms with Gasteiger partial charge in [-0.15, -0.1) is 5.10 Å². The summed E-state index contributed by atoms with van der Waals surface area (Å²) in [6, 6.07) is 11.9. The van der Waals surface area contributed by atoms with E-state index < -0.39 is 23.4 Å². The lowest BCUT2D eigenvalue weighted by molar-refractivity contribution is -0.139. The number of rotatable bonds is 10. The topological polar surface area (TPSA) is 176 Å². The Labute approximate surface area is 289 Å². The maximum Gasteiger partial charge on any atom is 0.278 e. The fourth-order valence-electron chi connectivity index (χ4n) is 7.31. The third kappa shape index (κ3) is 7.19. The Morgan fingerprint density at radius 3 is 2.30 bits per heavy atom. The fourth-order valence-corrected chi connectivity index (χ4v) is 7.31. The predicted molar refractivity (Wildman–Crippen MR) is 185 cm³/mol. The van der Waals surface area contributed by atoms with Crippen molar-refractivity contribution in [2.75, 3.05) is 75.3 Å². The molecule has 4 fully saturated rings. The summed E-state index contributed by atoms with van der Waals surface area (Å²) in [6.45, 7) is 8.05. The van der Waals surface area contributed by atoms with E-state index in [0.29, 0.717) is 49.3 Å². The molecule has 1 unspecified atom stereocenters. The van der Waals surface area contributed by atoms with E-state index in [4.69, 9.17) is 10.5 Å². The van der Waals surface area contributed by atoms with Gasteiger partial charge in [-0.05, 0) is 68.1 Å². The monoisotopic (exact) mass is 685 g/mol. The van der Waals surface area contributed by atoms with Gasteiger partial charge in [0.15, 0.2) is 0 Å². The standard InChI is InChI=1S/C35H43N9O6/c36-32(46)23-2-4-25(5-3-23)41-17-15-40(16-18-41)12-1-19-50-27-10-13-42(14-11-27)34(48)24-21-43(22-24)26-6-7-29-28(20-26)35(49)44(39-38-29)30-8-9-31(45)37-33(30)47/h2-7,20,24,27,30H,1,8-19,21-22H2,(H2,36,46)(H,37,45,47). The number of likely N-dealkylation sites (tertiary alicyclic amines) is 1. The number of primary amides is 1. The van der Waals surface area contributed by atoms with Gasteiger partial charge in [-0.25, -0.2) is 0 Å². The van der Waals surface area contributed by atoms with E-state index in [1.807, 2.05) is 23.1 Å². The van der Waals surface area contributed by atoms with Crippen molar-refractivity contribution in [3.8, 4) is 0 Å². The third-order valence-electron chi connectivity index (χ3n) is 10.4. The molecule has 50 heavy (non-hydrogen) atoms. The van der Waals surface area contributed by atoms with Crippen LogP contribution in [0.3, 0.4) is 0 Å². The maximum absolute atomic E-state index is 13.3. The number of anilines is 2. The molecule has 1 aromatic heterocycles. The highest BCUT2D eigenvalue weighted by Crippen LogP contribution is 2.29.